The summed E-state index contributed by atoms with van der Waals surface area (Å²) < 4.78 is 10.2. The molecule has 29 heavy (non-hydrogen) atoms. The van der Waals surface area contributed by atoms with E-state index in [1.54, 1.807) is 31.2 Å². The molecule has 1 aliphatic rings. The van der Waals surface area contributed by atoms with E-state index in [1.807, 2.05) is 30.3 Å². The highest BCUT2D eigenvalue weighted by atomic mass is 16.6. The highest BCUT2D eigenvalue weighted by Crippen LogP contribution is 2.18. The van der Waals surface area contributed by atoms with E-state index in [2.05, 4.69) is 15.2 Å². The number of piperazine rings is 1. The van der Waals surface area contributed by atoms with Gasteiger partial charge in [0.1, 0.15) is 11.6 Å². The molecule has 0 saturated carbocycles. The van der Waals surface area contributed by atoms with Crippen LogP contribution in [-0.4, -0.2) is 61.8 Å². The first kappa shape index (κ1) is 20.4. The minimum absolute atomic E-state index is 0.126. The van der Waals surface area contributed by atoms with E-state index < -0.39 is 0 Å². The molecule has 2 amide bonds. The number of ether oxygens (including phenoxy) is 2. The molecule has 1 aromatic heterocycles. The number of hydrogen-bond donors (Lipinski definition) is 1. The number of carbonyl (C=O) groups is 2. The van der Waals surface area contributed by atoms with Crippen molar-refractivity contribution in [3.05, 3.63) is 48.2 Å². The number of aromatic nitrogens is 1. The maximum Gasteiger partial charge on any atom is 0.409 e. The Labute approximate surface area is 170 Å². The van der Waals surface area contributed by atoms with Crippen molar-refractivity contribution >= 4 is 23.5 Å². The van der Waals surface area contributed by atoms with Crippen LogP contribution in [0, 0.1) is 0 Å². The summed E-state index contributed by atoms with van der Waals surface area (Å²) in [6.07, 6.45) is 1.74. The lowest BCUT2D eigenvalue weighted by Gasteiger charge is -2.35. The maximum atomic E-state index is 12.2. The zero-order chi connectivity index (χ0) is 20.6. The van der Waals surface area contributed by atoms with Gasteiger partial charge in [0, 0.05) is 26.2 Å². The zero-order valence-corrected chi connectivity index (χ0v) is 16.8. The lowest BCUT2D eigenvalue weighted by Crippen LogP contribution is -2.49. The van der Waals surface area contributed by atoms with Crippen molar-refractivity contribution in [2.45, 2.75) is 13.3 Å². The molecule has 2 aromatic rings. The van der Waals surface area contributed by atoms with E-state index in [0.29, 0.717) is 38.6 Å². The van der Waals surface area contributed by atoms with Gasteiger partial charge in [-0.15, -0.1) is 0 Å². The van der Waals surface area contributed by atoms with Gasteiger partial charge in [-0.3, -0.25) is 4.79 Å². The van der Waals surface area contributed by atoms with Crippen molar-refractivity contribution in [1.29, 1.82) is 0 Å². The lowest BCUT2D eigenvalue weighted by molar-refractivity contribution is -0.115. The number of nitrogens with zero attached hydrogens (tertiary/aromatic N) is 3. The molecule has 0 bridgehead atoms. The summed E-state index contributed by atoms with van der Waals surface area (Å²) in [6.45, 7) is 4.83. The van der Waals surface area contributed by atoms with Crippen LogP contribution in [-0.2, 0) is 16.0 Å². The van der Waals surface area contributed by atoms with Gasteiger partial charge in [0.2, 0.25) is 5.91 Å². The third kappa shape index (κ3) is 5.60. The Hall–Kier alpha value is -3.29. The molecule has 0 aliphatic carbocycles. The Morgan fingerprint density at radius 2 is 1.79 bits per heavy atom. The van der Waals surface area contributed by atoms with Crippen molar-refractivity contribution in [1.82, 2.24) is 9.88 Å². The summed E-state index contributed by atoms with van der Waals surface area (Å²) in [4.78, 5) is 32.2. The highest BCUT2D eigenvalue weighted by Gasteiger charge is 2.22. The quantitative estimate of drug-likeness (QED) is 0.805. The Kier molecular flexibility index (Phi) is 6.89. The molecule has 8 nitrogen and oxygen atoms in total. The minimum Gasteiger partial charge on any atom is -0.497 e. The van der Waals surface area contributed by atoms with E-state index in [-0.39, 0.29) is 18.4 Å². The Balaban J connectivity index is 1.49. The van der Waals surface area contributed by atoms with E-state index in [0.717, 1.165) is 17.0 Å². The largest absolute Gasteiger partial charge is 0.497 e. The van der Waals surface area contributed by atoms with Crippen LogP contribution in [0.1, 0.15) is 12.5 Å². The zero-order valence-electron chi connectivity index (χ0n) is 16.8. The Morgan fingerprint density at radius 3 is 2.38 bits per heavy atom. The average molecular weight is 398 g/mol. The van der Waals surface area contributed by atoms with Crippen molar-refractivity contribution in [3.8, 4) is 5.75 Å². The van der Waals surface area contributed by atoms with Crippen molar-refractivity contribution < 1.29 is 19.1 Å². The predicted octanol–water partition coefficient (Wildman–Crippen LogP) is 2.55. The van der Waals surface area contributed by atoms with Crippen LogP contribution in [0.25, 0.3) is 0 Å². The van der Waals surface area contributed by atoms with Gasteiger partial charge in [-0.2, -0.15) is 0 Å². The fourth-order valence-electron chi connectivity index (χ4n) is 3.12. The van der Waals surface area contributed by atoms with Gasteiger partial charge < -0.3 is 24.6 Å². The van der Waals surface area contributed by atoms with E-state index in [9.17, 15) is 9.59 Å². The normalized spacial score (nSPS) is 13.7. The Morgan fingerprint density at radius 1 is 1.07 bits per heavy atom. The van der Waals surface area contributed by atoms with Crippen molar-refractivity contribution in [2.75, 3.05) is 50.1 Å². The molecule has 1 fully saturated rings. The van der Waals surface area contributed by atoms with Crippen LogP contribution >= 0.6 is 0 Å². The summed E-state index contributed by atoms with van der Waals surface area (Å²) >= 11 is 0. The minimum atomic E-state index is -0.264. The van der Waals surface area contributed by atoms with Crippen molar-refractivity contribution in [3.63, 3.8) is 0 Å². The number of carbonyl (C=O) groups excluding carboxylic acids is 2. The molecule has 1 aromatic carbocycles. The summed E-state index contributed by atoms with van der Waals surface area (Å²) in [6, 6.07) is 11.1. The lowest BCUT2D eigenvalue weighted by atomic mass is 10.1. The van der Waals surface area contributed by atoms with Crippen LogP contribution in [0.5, 0.6) is 5.75 Å². The monoisotopic (exact) mass is 398 g/mol. The van der Waals surface area contributed by atoms with Crippen LogP contribution in [0.2, 0.25) is 0 Å². The van der Waals surface area contributed by atoms with Gasteiger partial charge in [-0.25, -0.2) is 9.78 Å². The second-order valence-electron chi connectivity index (χ2n) is 6.65. The molecular weight excluding hydrogens is 372 g/mol. The molecule has 3 rings (SSSR count). The predicted molar refractivity (Wildman–Crippen MR) is 110 cm³/mol. The third-order valence-corrected chi connectivity index (χ3v) is 4.71. The number of methoxy groups -OCH3 is 1. The number of anilines is 2. The standard InChI is InChI=1S/C21H26N4O4/c1-3-29-21(27)25-12-10-24(11-13-25)17-6-9-19(22-15-17)23-20(26)14-16-4-7-18(28-2)8-5-16/h4-9,15H,3,10-14H2,1-2H3,(H,22,23,26). The third-order valence-electron chi connectivity index (χ3n) is 4.71. The van der Waals surface area contributed by atoms with Gasteiger partial charge in [0.25, 0.3) is 0 Å². The first-order valence-electron chi connectivity index (χ1n) is 9.64. The number of rotatable bonds is 6. The van der Waals surface area contributed by atoms with Crippen molar-refractivity contribution in [2.24, 2.45) is 0 Å². The first-order valence-corrected chi connectivity index (χ1v) is 9.64. The second kappa shape index (κ2) is 9.77. The highest BCUT2D eigenvalue weighted by molar-refractivity contribution is 5.91. The molecule has 2 heterocycles. The van der Waals surface area contributed by atoms with Crippen LogP contribution in [0.15, 0.2) is 42.6 Å². The molecular formula is C21H26N4O4. The van der Waals surface area contributed by atoms with Gasteiger partial charge in [0.15, 0.2) is 0 Å². The average Bonchev–Trinajstić information content (AvgIpc) is 2.75. The number of amides is 2. The molecule has 0 atom stereocenters. The van der Waals surface area contributed by atoms with Crippen LogP contribution < -0.4 is 15.0 Å². The molecule has 0 radical (unpaired) electrons. The molecule has 154 valence electrons. The molecule has 1 saturated heterocycles. The van der Waals surface area contributed by atoms with Gasteiger partial charge in [-0.05, 0) is 36.8 Å². The van der Waals surface area contributed by atoms with E-state index >= 15 is 0 Å². The molecule has 8 heteroatoms. The molecule has 0 spiro atoms. The number of benzene rings is 1. The van der Waals surface area contributed by atoms with Crippen LogP contribution in [0.4, 0.5) is 16.3 Å². The smallest absolute Gasteiger partial charge is 0.409 e. The van der Waals surface area contributed by atoms with Gasteiger partial charge in [0.05, 0.1) is 32.0 Å². The molecule has 0 unspecified atom stereocenters. The Bertz CT molecular complexity index is 816. The topological polar surface area (TPSA) is 84.0 Å². The number of hydrogen-bond acceptors (Lipinski definition) is 6. The SMILES string of the molecule is CCOC(=O)N1CCN(c2ccc(NC(=O)Cc3ccc(OC)cc3)nc2)CC1. The fourth-order valence-corrected chi connectivity index (χ4v) is 3.12. The van der Waals surface area contributed by atoms with Gasteiger partial charge >= 0.3 is 6.09 Å². The first-order chi connectivity index (χ1) is 14.1. The van der Waals surface area contributed by atoms with Crippen LogP contribution in [0.3, 0.4) is 0 Å². The van der Waals surface area contributed by atoms with E-state index in [1.165, 1.54) is 0 Å². The second-order valence-corrected chi connectivity index (χ2v) is 6.65. The fraction of sp³-hybridized carbons (Fsp3) is 0.381. The van der Waals surface area contributed by atoms with E-state index in [4.69, 9.17) is 9.47 Å². The summed E-state index contributed by atoms with van der Waals surface area (Å²) in [5, 5.41) is 2.82. The molecule has 1 aliphatic heterocycles. The van der Waals surface area contributed by atoms with Gasteiger partial charge in [-0.1, -0.05) is 12.1 Å². The number of nitrogens with one attached hydrogen (secondary N) is 1. The summed E-state index contributed by atoms with van der Waals surface area (Å²) in [7, 11) is 1.61. The number of pyridine rings is 1. The molecule has 1 N–H and O–H groups in total. The summed E-state index contributed by atoms with van der Waals surface area (Å²) in [5.74, 6) is 1.14. The summed E-state index contributed by atoms with van der Waals surface area (Å²) in [5.41, 5.74) is 1.86. The maximum absolute atomic E-state index is 12.2.